The van der Waals surface area contributed by atoms with Crippen molar-refractivity contribution in [3.63, 3.8) is 0 Å². The fourth-order valence-electron chi connectivity index (χ4n) is 2.02. The van der Waals surface area contributed by atoms with Crippen LogP contribution in [0.2, 0.25) is 10.0 Å². The summed E-state index contributed by atoms with van der Waals surface area (Å²) in [6, 6.07) is 11.2. The van der Waals surface area contributed by atoms with Crippen LogP contribution in [0.4, 0.5) is 5.69 Å². The summed E-state index contributed by atoms with van der Waals surface area (Å²) in [6.45, 7) is 0. The third kappa shape index (κ3) is 4.95. The van der Waals surface area contributed by atoms with Crippen molar-refractivity contribution >= 4 is 44.8 Å². The van der Waals surface area contributed by atoms with Gasteiger partial charge < -0.3 is 5.32 Å². The van der Waals surface area contributed by atoms with E-state index in [0.717, 1.165) is 5.56 Å². The van der Waals surface area contributed by atoms with Crippen LogP contribution < -0.4 is 10.0 Å². The standard InChI is InChI=1S/C16H16Cl2N2O3S/c1-19-24(22,23)13-6-2-11(3-7-13)4-9-16(21)20-15-10-12(17)5-8-14(15)18/h2-3,5-8,10,19H,4,9H2,1H3,(H,20,21). The number of aryl methyl sites for hydroxylation is 1. The number of halogens is 2. The van der Waals surface area contributed by atoms with E-state index in [1.807, 2.05) is 0 Å². The van der Waals surface area contributed by atoms with Gasteiger partial charge in [-0.15, -0.1) is 0 Å². The number of carbonyl (C=O) groups is 1. The molecule has 0 fully saturated rings. The fraction of sp³-hybridized carbons (Fsp3) is 0.188. The Morgan fingerprint density at radius 3 is 2.38 bits per heavy atom. The monoisotopic (exact) mass is 386 g/mol. The van der Waals surface area contributed by atoms with E-state index in [4.69, 9.17) is 23.2 Å². The van der Waals surface area contributed by atoms with Gasteiger partial charge in [0.1, 0.15) is 0 Å². The maximum absolute atomic E-state index is 12.0. The number of benzene rings is 2. The molecule has 8 heteroatoms. The lowest BCUT2D eigenvalue weighted by Gasteiger charge is -2.08. The highest BCUT2D eigenvalue weighted by molar-refractivity contribution is 7.89. The highest BCUT2D eigenvalue weighted by atomic mass is 35.5. The van der Waals surface area contributed by atoms with Gasteiger partial charge in [0, 0.05) is 11.4 Å². The lowest BCUT2D eigenvalue weighted by molar-refractivity contribution is -0.116. The highest BCUT2D eigenvalue weighted by Crippen LogP contribution is 2.25. The molecule has 5 nitrogen and oxygen atoms in total. The number of amides is 1. The zero-order valence-electron chi connectivity index (χ0n) is 12.8. The summed E-state index contributed by atoms with van der Waals surface area (Å²) < 4.78 is 25.5. The Kier molecular flexibility index (Phi) is 6.23. The summed E-state index contributed by atoms with van der Waals surface area (Å²) in [7, 11) is -2.10. The summed E-state index contributed by atoms with van der Waals surface area (Å²) in [5, 5.41) is 3.60. The van der Waals surface area contributed by atoms with Crippen molar-refractivity contribution in [1.29, 1.82) is 0 Å². The van der Waals surface area contributed by atoms with E-state index in [2.05, 4.69) is 10.0 Å². The number of hydrogen-bond acceptors (Lipinski definition) is 3. The molecule has 0 aliphatic rings. The molecule has 0 unspecified atom stereocenters. The molecule has 2 aromatic rings. The van der Waals surface area contributed by atoms with E-state index >= 15 is 0 Å². The zero-order chi connectivity index (χ0) is 17.7. The van der Waals surface area contributed by atoms with E-state index in [9.17, 15) is 13.2 Å². The Morgan fingerprint density at radius 2 is 1.75 bits per heavy atom. The molecule has 0 bridgehead atoms. The highest BCUT2D eigenvalue weighted by Gasteiger charge is 2.11. The molecule has 0 radical (unpaired) electrons. The molecule has 0 aliphatic carbocycles. The van der Waals surface area contributed by atoms with Crippen LogP contribution in [-0.2, 0) is 21.2 Å². The van der Waals surface area contributed by atoms with Gasteiger partial charge in [-0.2, -0.15) is 0 Å². The molecule has 0 atom stereocenters. The van der Waals surface area contributed by atoms with Gasteiger partial charge in [0.05, 0.1) is 15.6 Å². The van der Waals surface area contributed by atoms with Crippen LogP contribution in [0.5, 0.6) is 0 Å². The van der Waals surface area contributed by atoms with Gasteiger partial charge in [-0.05, 0) is 49.4 Å². The Labute approximate surface area is 151 Å². The van der Waals surface area contributed by atoms with Crippen molar-refractivity contribution in [2.45, 2.75) is 17.7 Å². The predicted molar refractivity (Wildman–Crippen MR) is 96.1 cm³/mol. The van der Waals surface area contributed by atoms with Crippen LogP contribution in [0, 0.1) is 0 Å². The normalized spacial score (nSPS) is 11.3. The van der Waals surface area contributed by atoms with Crippen LogP contribution in [0.1, 0.15) is 12.0 Å². The smallest absolute Gasteiger partial charge is 0.240 e. The van der Waals surface area contributed by atoms with Gasteiger partial charge in [-0.3, -0.25) is 4.79 Å². The van der Waals surface area contributed by atoms with Crippen molar-refractivity contribution in [2.75, 3.05) is 12.4 Å². The topological polar surface area (TPSA) is 75.3 Å². The van der Waals surface area contributed by atoms with Gasteiger partial charge in [0.2, 0.25) is 15.9 Å². The first-order valence-corrected chi connectivity index (χ1v) is 9.33. The lowest BCUT2D eigenvalue weighted by Crippen LogP contribution is -2.18. The predicted octanol–water partition coefficient (Wildman–Crippen LogP) is 3.47. The maximum Gasteiger partial charge on any atom is 0.240 e. The number of sulfonamides is 1. The first-order valence-electron chi connectivity index (χ1n) is 7.09. The number of nitrogens with one attached hydrogen (secondary N) is 2. The first-order chi connectivity index (χ1) is 11.3. The molecule has 24 heavy (non-hydrogen) atoms. The van der Waals surface area contributed by atoms with Crippen LogP contribution in [0.3, 0.4) is 0 Å². The van der Waals surface area contributed by atoms with Crippen LogP contribution >= 0.6 is 23.2 Å². The largest absolute Gasteiger partial charge is 0.325 e. The lowest BCUT2D eigenvalue weighted by atomic mass is 10.1. The summed E-state index contributed by atoms with van der Waals surface area (Å²) >= 11 is 11.9. The summed E-state index contributed by atoms with van der Waals surface area (Å²) in [5.41, 5.74) is 1.32. The molecule has 1 amide bonds. The van der Waals surface area contributed by atoms with E-state index in [1.54, 1.807) is 30.3 Å². The van der Waals surface area contributed by atoms with Gasteiger partial charge in [0.25, 0.3) is 0 Å². The molecule has 2 rings (SSSR count). The fourth-order valence-corrected chi connectivity index (χ4v) is 3.08. The van der Waals surface area contributed by atoms with E-state index in [0.29, 0.717) is 22.2 Å². The number of rotatable bonds is 6. The Balaban J connectivity index is 1.96. The minimum Gasteiger partial charge on any atom is -0.325 e. The zero-order valence-corrected chi connectivity index (χ0v) is 15.2. The quantitative estimate of drug-likeness (QED) is 0.797. The van der Waals surface area contributed by atoms with Gasteiger partial charge in [0.15, 0.2) is 0 Å². The van der Waals surface area contributed by atoms with Gasteiger partial charge >= 0.3 is 0 Å². The molecule has 0 aliphatic heterocycles. The molecular weight excluding hydrogens is 371 g/mol. The van der Waals surface area contributed by atoms with Crippen LogP contribution in [0.15, 0.2) is 47.4 Å². The average molecular weight is 387 g/mol. The second kappa shape index (κ2) is 7.98. The number of anilines is 1. The second-order valence-corrected chi connectivity index (χ2v) is 7.75. The number of carbonyl (C=O) groups excluding carboxylic acids is 1. The minimum absolute atomic E-state index is 0.184. The van der Waals surface area contributed by atoms with Crippen molar-refractivity contribution in [3.05, 3.63) is 58.1 Å². The molecule has 2 N–H and O–H groups in total. The second-order valence-electron chi connectivity index (χ2n) is 5.02. The molecule has 0 saturated carbocycles. The van der Waals surface area contributed by atoms with E-state index in [1.165, 1.54) is 19.2 Å². The third-order valence-electron chi connectivity index (χ3n) is 3.35. The molecular formula is C16H16Cl2N2O3S. The van der Waals surface area contributed by atoms with Crippen molar-refractivity contribution in [2.24, 2.45) is 0 Å². The maximum atomic E-state index is 12.0. The molecule has 0 heterocycles. The summed E-state index contributed by atoms with van der Waals surface area (Å²) in [6.07, 6.45) is 0.713. The third-order valence-corrected chi connectivity index (χ3v) is 5.34. The Bertz CT molecular complexity index is 837. The van der Waals surface area contributed by atoms with Crippen LogP contribution in [0.25, 0.3) is 0 Å². The molecule has 0 saturated heterocycles. The van der Waals surface area contributed by atoms with Crippen molar-refractivity contribution in [3.8, 4) is 0 Å². The summed E-state index contributed by atoms with van der Waals surface area (Å²) in [4.78, 5) is 12.2. The first kappa shape index (κ1) is 18.7. The van der Waals surface area contributed by atoms with Crippen molar-refractivity contribution in [1.82, 2.24) is 4.72 Å². The van der Waals surface area contributed by atoms with Crippen LogP contribution in [-0.4, -0.2) is 21.4 Å². The molecule has 128 valence electrons. The average Bonchev–Trinajstić information content (AvgIpc) is 2.56. The minimum atomic E-state index is -3.45. The van der Waals surface area contributed by atoms with E-state index < -0.39 is 10.0 Å². The van der Waals surface area contributed by atoms with Gasteiger partial charge in [-0.25, -0.2) is 13.1 Å². The molecule has 2 aromatic carbocycles. The summed E-state index contributed by atoms with van der Waals surface area (Å²) in [5.74, 6) is -0.203. The number of hydrogen-bond donors (Lipinski definition) is 2. The Morgan fingerprint density at radius 1 is 1.08 bits per heavy atom. The van der Waals surface area contributed by atoms with Gasteiger partial charge in [-0.1, -0.05) is 35.3 Å². The van der Waals surface area contributed by atoms with E-state index in [-0.39, 0.29) is 17.2 Å². The molecule has 0 spiro atoms. The van der Waals surface area contributed by atoms with Crippen molar-refractivity contribution < 1.29 is 13.2 Å². The SMILES string of the molecule is CNS(=O)(=O)c1ccc(CCC(=O)Nc2cc(Cl)ccc2Cl)cc1. The molecule has 0 aromatic heterocycles. The Hall–Kier alpha value is -1.60.